The van der Waals surface area contributed by atoms with Gasteiger partial charge in [-0.2, -0.15) is 0 Å². The molecule has 0 bridgehead atoms. The van der Waals surface area contributed by atoms with E-state index < -0.39 is 0 Å². The van der Waals surface area contributed by atoms with E-state index in [1.165, 1.54) is 5.69 Å². The van der Waals surface area contributed by atoms with E-state index >= 15 is 0 Å². The molecule has 5 nitrogen and oxygen atoms in total. The van der Waals surface area contributed by atoms with Crippen LogP contribution >= 0.6 is 0 Å². The fourth-order valence-corrected chi connectivity index (χ4v) is 1.61. The minimum absolute atomic E-state index is 0.318. The topological polar surface area (TPSA) is 54.5 Å². The van der Waals surface area contributed by atoms with Crippen LogP contribution in [0.2, 0.25) is 0 Å². The molecule has 1 aliphatic heterocycles. The number of carbonyl (C=O) groups is 1. The monoisotopic (exact) mass is 265 g/mol. The van der Waals surface area contributed by atoms with Crippen molar-refractivity contribution < 1.29 is 9.53 Å². The predicted octanol–water partition coefficient (Wildman–Crippen LogP) is 1.45. The van der Waals surface area contributed by atoms with Crippen LogP contribution in [0.25, 0.3) is 0 Å². The highest BCUT2D eigenvalue weighted by Gasteiger charge is 2.09. The maximum absolute atomic E-state index is 9.60. The summed E-state index contributed by atoms with van der Waals surface area (Å²) in [5.74, 6) is 0. The van der Waals surface area contributed by atoms with Crippen LogP contribution in [-0.2, 0) is 9.53 Å². The number of carbonyl (C=O) groups excluding carboxylic acids is 1. The molecule has 0 amide bonds. The van der Waals surface area contributed by atoms with Crippen LogP contribution in [0.5, 0.6) is 0 Å². The lowest BCUT2D eigenvalue weighted by atomic mass is 10.2. The van der Waals surface area contributed by atoms with Crippen molar-refractivity contribution in [2.45, 2.75) is 26.4 Å². The Labute approximate surface area is 115 Å². The summed E-state index contributed by atoms with van der Waals surface area (Å²) in [6.45, 7) is 10.3. The second-order valence-electron chi connectivity index (χ2n) is 5.27. The molecule has 1 N–H and O–H groups in total. The molecule has 5 heteroatoms. The van der Waals surface area contributed by atoms with Crippen LogP contribution in [0, 0.1) is 0 Å². The SMILES string of the molecule is CC(C)(C)OC=O.c1cncc(N2CCNCC2)c1. The van der Waals surface area contributed by atoms with Crippen LogP contribution in [0.4, 0.5) is 5.69 Å². The first-order valence-corrected chi connectivity index (χ1v) is 6.50. The molecule has 0 radical (unpaired) electrons. The zero-order valence-corrected chi connectivity index (χ0v) is 11.9. The molecular weight excluding hydrogens is 242 g/mol. The smallest absolute Gasteiger partial charge is 0.293 e. The van der Waals surface area contributed by atoms with Gasteiger partial charge in [-0.3, -0.25) is 9.78 Å². The number of hydrogen-bond donors (Lipinski definition) is 1. The molecule has 0 unspecified atom stereocenters. The molecule has 2 heterocycles. The van der Waals surface area contributed by atoms with Crippen molar-refractivity contribution in [1.82, 2.24) is 10.3 Å². The van der Waals surface area contributed by atoms with Crippen LogP contribution in [0.15, 0.2) is 24.5 Å². The van der Waals surface area contributed by atoms with Gasteiger partial charge in [0.15, 0.2) is 0 Å². The molecule has 1 aromatic rings. The van der Waals surface area contributed by atoms with Crippen LogP contribution in [0.1, 0.15) is 20.8 Å². The minimum Gasteiger partial charge on any atom is -0.462 e. The van der Waals surface area contributed by atoms with E-state index in [2.05, 4.69) is 26.0 Å². The van der Waals surface area contributed by atoms with Gasteiger partial charge in [0.05, 0.1) is 11.9 Å². The number of piperazine rings is 1. The molecule has 0 aliphatic carbocycles. The van der Waals surface area contributed by atoms with Gasteiger partial charge >= 0.3 is 0 Å². The summed E-state index contributed by atoms with van der Waals surface area (Å²) in [4.78, 5) is 16.0. The average molecular weight is 265 g/mol. The molecule has 0 aromatic carbocycles. The van der Waals surface area contributed by atoms with Gasteiger partial charge in [-0.05, 0) is 32.9 Å². The van der Waals surface area contributed by atoms with Gasteiger partial charge in [-0.25, -0.2) is 0 Å². The van der Waals surface area contributed by atoms with Gasteiger partial charge in [0.2, 0.25) is 0 Å². The fourth-order valence-electron chi connectivity index (χ4n) is 1.61. The van der Waals surface area contributed by atoms with Crippen molar-refractivity contribution >= 4 is 12.2 Å². The minimum atomic E-state index is -0.318. The molecule has 0 saturated carbocycles. The first-order chi connectivity index (χ1) is 9.03. The Morgan fingerprint density at radius 2 is 2.05 bits per heavy atom. The molecule has 106 valence electrons. The van der Waals surface area contributed by atoms with Crippen molar-refractivity contribution in [3.8, 4) is 0 Å². The number of rotatable bonds is 2. The lowest BCUT2D eigenvalue weighted by molar-refractivity contribution is -0.138. The molecule has 1 aliphatic rings. The van der Waals surface area contributed by atoms with E-state index in [9.17, 15) is 4.79 Å². The zero-order chi connectivity index (χ0) is 14.1. The lowest BCUT2D eigenvalue weighted by Gasteiger charge is -2.28. The lowest BCUT2D eigenvalue weighted by Crippen LogP contribution is -2.43. The van der Waals surface area contributed by atoms with E-state index in [0.717, 1.165) is 26.2 Å². The first kappa shape index (κ1) is 15.4. The summed E-state index contributed by atoms with van der Waals surface area (Å²) in [6, 6.07) is 4.09. The summed E-state index contributed by atoms with van der Waals surface area (Å²) >= 11 is 0. The number of nitrogens with one attached hydrogen (secondary N) is 1. The highest BCUT2D eigenvalue weighted by Crippen LogP contribution is 2.11. The van der Waals surface area contributed by atoms with Crippen molar-refractivity contribution in [2.75, 3.05) is 31.1 Å². The predicted molar refractivity (Wildman–Crippen MR) is 76.2 cm³/mol. The maximum atomic E-state index is 9.60. The van der Waals surface area contributed by atoms with E-state index in [4.69, 9.17) is 0 Å². The number of pyridine rings is 1. The molecule has 2 rings (SSSR count). The zero-order valence-electron chi connectivity index (χ0n) is 11.9. The molecular formula is C14H23N3O2. The third-order valence-electron chi connectivity index (χ3n) is 2.53. The van der Waals surface area contributed by atoms with Crippen LogP contribution in [0.3, 0.4) is 0 Å². The normalized spacial score (nSPS) is 15.2. The Bertz CT molecular complexity index is 357. The number of aromatic nitrogens is 1. The third kappa shape index (κ3) is 6.76. The van der Waals surface area contributed by atoms with Crippen LogP contribution < -0.4 is 10.2 Å². The second kappa shape index (κ2) is 7.74. The molecule has 1 fully saturated rings. The standard InChI is InChI=1S/C9H13N3.C5H10O2/c1-2-9(8-11-3-1)12-6-4-10-5-7-12;1-5(2,3)7-4-6/h1-3,8,10H,4-7H2;4H,1-3H3. The van der Waals surface area contributed by atoms with Gasteiger partial charge in [-0.15, -0.1) is 0 Å². The number of anilines is 1. The van der Waals surface area contributed by atoms with Gasteiger partial charge in [0.25, 0.3) is 6.47 Å². The molecule has 1 aromatic heterocycles. The van der Waals surface area contributed by atoms with Crippen molar-refractivity contribution in [2.24, 2.45) is 0 Å². The molecule has 0 atom stereocenters. The van der Waals surface area contributed by atoms with Gasteiger partial charge in [-0.1, -0.05) is 0 Å². The van der Waals surface area contributed by atoms with Crippen LogP contribution in [-0.4, -0.2) is 43.2 Å². The van der Waals surface area contributed by atoms with E-state index in [0.29, 0.717) is 6.47 Å². The summed E-state index contributed by atoms with van der Waals surface area (Å²) in [5, 5.41) is 3.32. The van der Waals surface area contributed by atoms with Gasteiger partial charge < -0.3 is 15.0 Å². The van der Waals surface area contributed by atoms with E-state index in [1.807, 2.05) is 39.2 Å². The quantitative estimate of drug-likeness (QED) is 0.820. The summed E-state index contributed by atoms with van der Waals surface area (Å²) in [5.41, 5.74) is 0.917. The van der Waals surface area contributed by atoms with E-state index in [-0.39, 0.29) is 5.60 Å². The number of hydrogen-bond acceptors (Lipinski definition) is 5. The van der Waals surface area contributed by atoms with Gasteiger partial charge in [0, 0.05) is 32.4 Å². The summed E-state index contributed by atoms with van der Waals surface area (Å²) in [6.07, 6.45) is 3.73. The average Bonchev–Trinajstić information content (AvgIpc) is 2.40. The summed E-state index contributed by atoms with van der Waals surface area (Å²) in [7, 11) is 0. The number of nitrogens with zero attached hydrogens (tertiary/aromatic N) is 2. The Hall–Kier alpha value is -1.62. The van der Waals surface area contributed by atoms with Crippen molar-refractivity contribution in [3.63, 3.8) is 0 Å². The highest BCUT2D eigenvalue weighted by molar-refractivity contribution is 5.43. The molecule has 19 heavy (non-hydrogen) atoms. The third-order valence-corrected chi connectivity index (χ3v) is 2.53. The van der Waals surface area contributed by atoms with E-state index in [1.54, 1.807) is 0 Å². The molecule has 0 spiro atoms. The van der Waals surface area contributed by atoms with Gasteiger partial charge in [0.1, 0.15) is 5.60 Å². The second-order valence-corrected chi connectivity index (χ2v) is 5.27. The largest absolute Gasteiger partial charge is 0.462 e. The number of ether oxygens (including phenoxy) is 1. The first-order valence-electron chi connectivity index (χ1n) is 6.50. The van der Waals surface area contributed by atoms with Crippen molar-refractivity contribution in [1.29, 1.82) is 0 Å². The Morgan fingerprint density at radius 1 is 1.37 bits per heavy atom. The highest BCUT2D eigenvalue weighted by atomic mass is 16.5. The summed E-state index contributed by atoms with van der Waals surface area (Å²) < 4.78 is 4.55. The Kier molecular flexibility index (Phi) is 6.29. The Balaban J connectivity index is 0.000000224. The Morgan fingerprint density at radius 3 is 2.47 bits per heavy atom. The fraction of sp³-hybridized carbons (Fsp3) is 0.571. The van der Waals surface area contributed by atoms with Crippen molar-refractivity contribution in [3.05, 3.63) is 24.5 Å². The maximum Gasteiger partial charge on any atom is 0.293 e. The molecule has 1 saturated heterocycles.